The van der Waals surface area contributed by atoms with Gasteiger partial charge in [-0.3, -0.25) is 0 Å². The van der Waals surface area contributed by atoms with E-state index in [1.807, 2.05) is 0 Å². The molecule has 0 fully saturated rings. The molecule has 0 aliphatic heterocycles. The van der Waals surface area contributed by atoms with Gasteiger partial charge in [-0.15, -0.1) is 0 Å². The summed E-state index contributed by atoms with van der Waals surface area (Å²) < 4.78 is 0. The molecule has 9 heavy (non-hydrogen) atoms. The van der Waals surface area contributed by atoms with E-state index in [2.05, 4.69) is 6.92 Å². The van der Waals surface area contributed by atoms with Gasteiger partial charge in [-0.2, -0.15) is 0 Å². The van der Waals surface area contributed by atoms with Gasteiger partial charge in [0, 0.05) is 0 Å². The topological polar surface area (TPSA) is 0 Å². The average Bonchev–Trinajstić information content (AvgIpc) is 1.80. The summed E-state index contributed by atoms with van der Waals surface area (Å²) >= 11 is 11.2. The van der Waals surface area contributed by atoms with Crippen LogP contribution >= 0.6 is 29.1 Å². The first-order chi connectivity index (χ1) is 4.27. The molecule has 0 rings (SSSR count). The highest BCUT2D eigenvalue weighted by Crippen LogP contribution is 2.47. The van der Waals surface area contributed by atoms with Gasteiger partial charge in [-0.25, -0.2) is 0 Å². The van der Waals surface area contributed by atoms with Crippen molar-refractivity contribution in [3.05, 3.63) is 0 Å². The lowest BCUT2D eigenvalue weighted by atomic mass is 10.2. The van der Waals surface area contributed by atoms with Crippen LogP contribution in [0.2, 0.25) is 0 Å². The summed E-state index contributed by atoms with van der Waals surface area (Å²) in [5.74, 6) is 0. The van der Waals surface area contributed by atoms with Crippen molar-refractivity contribution in [3.63, 3.8) is 0 Å². The van der Waals surface area contributed by atoms with E-state index in [-0.39, 0.29) is 0 Å². The number of halogens is 2. The average molecular weight is 187 g/mol. The molecule has 0 radical (unpaired) electrons. The molecule has 0 heterocycles. The van der Waals surface area contributed by atoms with Crippen molar-refractivity contribution in [2.45, 2.75) is 32.6 Å². The Balaban J connectivity index is 2.75. The van der Waals surface area contributed by atoms with E-state index in [4.69, 9.17) is 22.5 Å². The molecule has 3 heteroatoms. The molecule has 0 aromatic heterocycles. The Morgan fingerprint density at radius 2 is 1.78 bits per heavy atom. The van der Waals surface area contributed by atoms with Gasteiger partial charge in [-0.05, 0) is 12.6 Å². The van der Waals surface area contributed by atoms with Crippen molar-refractivity contribution in [1.82, 2.24) is 0 Å². The van der Waals surface area contributed by atoms with Crippen LogP contribution < -0.4 is 0 Å². The number of rotatable bonds is 5. The molecule has 0 aromatic rings. The quantitative estimate of drug-likeness (QED) is 0.443. The van der Waals surface area contributed by atoms with Crippen LogP contribution in [0.1, 0.15) is 32.6 Å². The zero-order chi connectivity index (χ0) is 7.11. The zero-order valence-corrected chi connectivity index (χ0v) is 8.14. The van der Waals surface area contributed by atoms with Gasteiger partial charge in [0.25, 0.3) is 0 Å². The van der Waals surface area contributed by atoms with Crippen LogP contribution in [0.5, 0.6) is 0 Å². The van der Waals surface area contributed by atoms with Crippen LogP contribution in [-0.2, 0) is 0 Å². The van der Waals surface area contributed by atoms with E-state index >= 15 is 0 Å². The SMILES string of the molecule is CCCCCCP(Cl)Cl. The molecular formula is C6H13Cl2P. The fourth-order valence-corrected chi connectivity index (χ4v) is 1.84. The van der Waals surface area contributed by atoms with Crippen LogP contribution in [0.3, 0.4) is 0 Å². The fraction of sp³-hybridized carbons (Fsp3) is 1.00. The summed E-state index contributed by atoms with van der Waals surface area (Å²) in [5, 5.41) is 0. The van der Waals surface area contributed by atoms with Crippen molar-refractivity contribution >= 4 is 29.1 Å². The molecule has 0 saturated heterocycles. The molecular weight excluding hydrogens is 174 g/mol. The third-order valence-corrected chi connectivity index (χ3v) is 2.85. The van der Waals surface area contributed by atoms with E-state index < -0.39 is 6.63 Å². The van der Waals surface area contributed by atoms with Crippen molar-refractivity contribution in [1.29, 1.82) is 0 Å². The van der Waals surface area contributed by atoms with E-state index in [9.17, 15) is 0 Å². The smallest absolute Gasteiger partial charge is 0.0781 e. The first kappa shape index (κ1) is 10.0. The van der Waals surface area contributed by atoms with Gasteiger partial charge in [0.2, 0.25) is 0 Å². The maximum Gasteiger partial charge on any atom is 0.0854 e. The fourth-order valence-electron chi connectivity index (χ4n) is 0.658. The molecule has 0 aromatic carbocycles. The summed E-state index contributed by atoms with van der Waals surface area (Å²) in [6, 6.07) is 0. The predicted molar refractivity (Wildman–Crippen MR) is 47.6 cm³/mol. The Kier molecular flexibility index (Phi) is 7.92. The highest BCUT2D eigenvalue weighted by atomic mass is 35.9. The lowest BCUT2D eigenvalue weighted by Crippen LogP contribution is -1.77. The van der Waals surface area contributed by atoms with Crippen LogP contribution in [0.25, 0.3) is 0 Å². The van der Waals surface area contributed by atoms with Crippen LogP contribution in [-0.4, -0.2) is 6.16 Å². The van der Waals surface area contributed by atoms with Crippen LogP contribution in [0, 0.1) is 0 Å². The maximum absolute atomic E-state index is 5.59. The monoisotopic (exact) mass is 186 g/mol. The molecule has 0 bridgehead atoms. The van der Waals surface area contributed by atoms with Gasteiger partial charge in [0.05, 0.1) is 6.63 Å². The first-order valence-electron chi connectivity index (χ1n) is 3.36. The number of unbranched alkanes of at least 4 members (excludes halogenated alkanes) is 3. The summed E-state index contributed by atoms with van der Waals surface area (Å²) in [7, 11) is 0. The molecule has 0 nitrogen and oxygen atoms in total. The normalized spacial score (nSPS) is 10.7. The lowest BCUT2D eigenvalue weighted by molar-refractivity contribution is 0.706. The van der Waals surface area contributed by atoms with Gasteiger partial charge >= 0.3 is 0 Å². The van der Waals surface area contributed by atoms with Crippen LogP contribution in [0.15, 0.2) is 0 Å². The minimum Gasteiger partial charge on any atom is -0.0781 e. The predicted octanol–water partition coefficient (Wildman–Crippen LogP) is 4.36. The minimum atomic E-state index is -0.673. The standard InChI is InChI=1S/C6H13Cl2P/c1-2-3-4-5-6-9(7)8/h2-6H2,1H3. The third kappa shape index (κ3) is 9.01. The Labute approximate surface area is 68.3 Å². The molecule has 0 atom stereocenters. The molecule has 0 amide bonds. The van der Waals surface area contributed by atoms with Gasteiger partial charge in [0.1, 0.15) is 0 Å². The zero-order valence-electron chi connectivity index (χ0n) is 5.74. The van der Waals surface area contributed by atoms with E-state index in [0.717, 1.165) is 6.16 Å². The molecule has 0 N–H and O–H groups in total. The van der Waals surface area contributed by atoms with Gasteiger partial charge in [-0.1, -0.05) is 48.7 Å². The summed E-state index contributed by atoms with van der Waals surface area (Å²) in [6.45, 7) is 1.53. The summed E-state index contributed by atoms with van der Waals surface area (Å²) in [5.41, 5.74) is 0. The Hall–Kier alpha value is 1.01. The third-order valence-electron chi connectivity index (χ3n) is 1.18. The molecule has 0 unspecified atom stereocenters. The molecule has 56 valence electrons. The highest BCUT2D eigenvalue weighted by Gasteiger charge is 1.96. The largest absolute Gasteiger partial charge is 0.0854 e. The second-order valence-electron chi connectivity index (χ2n) is 2.09. The lowest BCUT2D eigenvalue weighted by Gasteiger charge is -1.98. The second-order valence-corrected chi connectivity index (χ2v) is 6.11. The Morgan fingerprint density at radius 1 is 1.11 bits per heavy atom. The summed E-state index contributed by atoms with van der Waals surface area (Å²) in [4.78, 5) is 0. The maximum atomic E-state index is 5.59. The van der Waals surface area contributed by atoms with Gasteiger partial charge < -0.3 is 0 Å². The van der Waals surface area contributed by atoms with Gasteiger partial charge in [0.15, 0.2) is 0 Å². The molecule has 0 saturated carbocycles. The summed E-state index contributed by atoms with van der Waals surface area (Å²) in [6.07, 6.45) is 6.10. The Morgan fingerprint density at radius 3 is 2.22 bits per heavy atom. The van der Waals surface area contributed by atoms with Crippen molar-refractivity contribution < 1.29 is 0 Å². The highest BCUT2D eigenvalue weighted by molar-refractivity contribution is 8.03. The molecule has 0 aliphatic rings. The minimum absolute atomic E-state index is 0.673. The number of hydrogen-bond acceptors (Lipinski definition) is 0. The number of hydrogen-bond donors (Lipinski definition) is 0. The molecule has 0 spiro atoms. The molecule has 0 aliphatic carbocycles. The van der Waals surface area contributed by atoms with E-state index in [1.165, 1.54) is 25.7 Å². The first-order valence-corrected chi connectivity index (χ1v) is 6.70. The van der Waals surface area contributed by atoms with Crippen molar-refractivity contribution in [3.8, 4) is 0 Å². The van der Waals surface area contributed by atoms with Crippen molar-refractivity contribution in [2.75, 3.05) is 6.16 Å². The Bertz CT molecular complexity index is 57.0. The van der Waals surface area contributed by atoms with E-state index in [0.29, 0.717) is 0 Å². The van der Waals surface area contributed by atoms with Crippen LogP contribution in [0.4, 0.5) is 0 Å². The van der Waals surface area contributed by atoms with Crippen molar-refractivity contribution in [2.24, 2.45) is 0 Å². The van der Waals surface area contributed by atoms with E-state index in [1.54, 1.807) is 0 Å². The second kappa shape index (κ2) is 7.12.